The normalized spacial score (nSPS) is 16.3. The van der Waals surface area contributed by atoms with E-state index in [1.54, 1.807) is 20.8 Å². The van der Waals surface area contributed by atoms with Crippen molar-refractivity contribution in [3.63, 3.8) is 0 Å². The number of hydrogen-bond acceptors (Lipinski definition) is 6. The van der Waals surface area contributed by atoms with E-state index in [0.29, 0.717) is 30.6 Å². The lowest BCUT2D eigenvalue weighted by molar-refractivity contribution is 0.160. The molecule has 1 aliphatic heterocycles. The number of hydrogen-bond donors (Lipinski definition) is 0. The maximum atomic E-state index is 13.6. The molecule has 1 saturated heterocycles. The van der Waals surface area contributed by atoms with Crippen molar-refractivity contribution in [1.82, 2.24) is 14.5 Å². The van der Waals surface area contributed by atoms with Crippen LogP contribution in [-0.2, 0) is 17.6 Å². The van der Waals surface area contributed by atoms with Crippen LogP contribution < -0.4 is 5.56 Å². The lowest BCUT2D eigenvalue weighted by Gasteiger charge is -2.15. The van der Waals surface area contributed by atoms with E-state index < -0.39 is 0 Å². The van der Waals surface area contributed by atoms with Crippen LogP contribution in [0.15, 0.2) is 40.3 Å². The molecule has 1 aliphatic carbocycles. The number of aryl methyl sites for hydroxylation is 2. The van der Waals surface area contributed by atoms with Crippen LogP contribution >= 0.6 is 23.1 Å². The predicted octanol–water partition coefficient (Wildman–Crippen LogP) is 3.87. The summed E-state index contributed by atoms with van der Waals surface area (Å²) in [6, 6.07) is 9.69. The number of para-hydroxylation sites is 1. The molecule has 0 unspecified atom stereocenters. The number of benzene rings is 1. The van der Waals surface area contributed by atoms with E-state index in [9.17, 15) is 9.59 Å². The van der Waals surface area contributed by atoms with Gasteiger partial charge in [0.2, 0.25) is 0 Å². The van der Waals surface area contributed by atoms with Gasteiger partial charge in [-0.1, -0.05) is 30.0 Å². The van der Waals surface area contributed by atoms with E-state index in [0.717, 1.165) is 35.2 Å². The summed E-state index contributed by atoms with van der Waals surface area (Å²) in [6.07, 6.45) is 4.05. The summed E-state index contributed by atoms with van der Waals surface area (Å²) in [7, 11) is 0. The monoisotopic (exact) mass is 427 g/mol. The summed E-state index contributed by atoms with van der Waals surface area (Å²) in [6.45, 7) is 1.64. The minimum Gasteiger partial charge on any atom is -0.448 e. The van der Waals surface area contributed by atoms with Crippen molar-refractivity contribution in [3.05, 3.63) is 51.1 Å². The van der Waals surface area contributed by atoms with Crippen molar-refractivity contribution >= 4 is 39.4 Å². The van der Waals surface area contributed by atoms with E-state index in [1.165, 1.54) is 28.6 Å². The van der Waals surface area contributed by atoms with Gasteiger partial charge in [-0.05, 0) is 43.4 Å². The number of fused-ring (bicyclic) bond motifs is 3. The molecule has 8 heteroatoms. The van der Waals surface area contributed by atoms with Crippen LogP contribution in [0.3, 0.4) is 0 Å². The summed E-state index contributed by atoms with van der Waals surface area (Å²) in [5, 5.41) is 1.47. The molecule has 0 N–H and O–H groups in total. The molecule has 0 bridgehead atoms. The summed E-state index contributed by atoms with van der Waals surface area (Å²) in [5.41, 5.74) is 2.05. The van der Waals surface area contributed by atoms with Crippen molar-refractivity contribution in [3.8, 4) is 5.69 Å². The van der Waals surface area contributed by atoms with Gasteiger partial charge >= 0.3 is 6.09 Å². The second-order valence-electron chi connectivity index (χ2n) is 7.21. The van der Waals surface area contributed by atoms with Crippen molar-refractivity contribution < 1.29 is 9.53 Å². The summed E-state index contributed by atoms with van der Waals surface area (Å²) in [4.78, 5) is 34.0. The average molecular weight is 428 g/mol. The smallest absolute Gasteiger partial charge is 0.409 e. The Kier molecular flexibility index (Phi) is 5.05. The van der Waals surface area contributed by atoms with Gasteiger partial charge in [0.05, 0.1) is 17.6 Å². The van der Waals surface area contributed by atoms with Gasteiger partial charge in [0.15, 0.2) is 5.16 Å². The molecule has 0 atom stereocenters. The van der Waals surface area contributed by atoms with Gasteiger partial charge in [-0.2, -0.15) is 0 Å². The number of carbonyl (C=O) groups is 1. The summed E-state index contributed by atoms with van der Waals surface area (Å²) < 4.78 is 6.73. The van der Waals surface area contributed by atoms with E-state index in [4.69, 9.17) is 9.72 Å². The molecule has 0 radical (unpaired) electrons. The Morgan fingerprint density at radius 2 is 1.97 bits per heavy atom. The Labute approximate surface area is 176 Å². The number of nitrogens with zero attached hydrogens (tertiary/aromatic N) is 3. The number of thioether (sulfide) groups is 1. The third-order valence-electron chi connectivity index (χ3n) is 5.41. The first-order chi connectivity index (χ1) is 14.2. The molecule has 6 nitrogen and oxygen atoms in total. The third-order valence-corrected chi connectivity index (χ3v) is 7.51. The Morgan fingerprint density at radius 1 is 1.14 bits per heavy atom. The molecule has 0 spiro atoms. The van der Waals surface area contributed by atoms with Gasteiger partial charge in [0.1, 0.15) is 11.4 Å². The minimum atomic E-state index is -0.264. The van der Waals surface area contributed by atoms with Crippen LogP contribution in [0.4, 0.5) is 4.79 Å². The Hall–Kier alpha value is -2.32. The van der Waals surface area contributed by atoms with Gasteiger partial charge in [-0.3, -0.25) is 9.36 Å². The highest BCUT2D eigenvalue weighted by Crippen LogP contribution is 2.35. The zero-order valence-electron chi connectivity index (χ0n) is 15.9. The number of cyclic esters (lactones) is 1. The fraction of sp³-hybridized carbons (Fsp3) is 0.381. The number of thiophene rings is 1. The van der Waals surface area contributed by atoms with Gasteiger partial charge in [0.25, 0.3) is 5.56 Å². The molecule has 2 aliphatic rings. The fourth-order valence-corrected chi connectivity index (χ4v) is 6.24. The van der Waals surface area contributed by atoms with Crippen molar-refractivity contribution in [2.75, 3.05) is 25.4 Å². The van der Waals surface area contributed by atoms with E-state index >= 15 is 0 Å². The number of amides is 1. The van der Waals surface area contributed by atoms with Crippen LogP contribution in [0.2, 0.25) is 0 Å². The van der Waals surface area contributed by atoms with E-state index in [-0.39, 0.29) is 11.7 Å². The lowest BCUT2D eigenvalue weighted by Crippen LogP contribution is -2.27. The maximum absolute atomic E-state index is 13.6. The molecule has 29 heavy (non-hydrogen) atoms. The molecule has 0 saturated carbocycles. The predicted molar refractivity (Wildman–Crippen MR) is 116 cm³/mol. The van der Waals surface area contributed by atoms with Crippen LogP contribution in [0, 0.1) is 0 Å². The minimum absolute atomic E-state index is 0.0173. The highest BCUT2D eigenvalue weighted by Gasteiger charge is 2.24. The molecular formula is C21H21N3O3S2. The van der Waals surface area contributed by atoms with Gasteiger partial charge in [0, 0.05) is 17.2 Å². The second kappa shape index (κ2) is 7.84. The third kappa shape index (κ3) is 3.44. The molecule has 3 aromatic rings. The van der Waals surface area contributed by atoms with Gasteiger partial charge < -0.3 is 9.64 Å². The lowest BCUT2D eigenvalue weighted by atomic mass is 9.97. The largest absolute Gasteiger partial charge is 0.448 e. The number of rotatable bonds is 5. The summed E-state index contributed by atoms with van der Waals surface area (Å²) >= 11 is 3.18. The van der Waals surface area contributed by atoms with Crippen molar-refractivity contribution in [2.24, 2.45) is 0 Å². The second-order valence-corrected chi connectivity index (χ2v) is 9.36. The molecule has 5 rings (SSSR count). The standard InChI is InChI=1S/C21H21N3O3S2/c25-19-17-15-8-4-5-9-16(15)29-18(17)22-20(24(19)14-6-2-1-3-7-14)28-13-11-23-10-12-27-21(23)26/h1-3,6-7H,4-5,8-13H2. The zero-order valence-corrected chi connectivity index (χ0v) is 17.6. The van der Waals surface area contributed by atoms with E-state index in [1.807, 2.05) is 30.3 Å². The molecule has 150 valence electrons. The zero-order chi connectivity index (χ0) is 19.8. The Bertz CT molecular complexity index is 1120. The Balaban J connectivity index is 1.56. The molecule has 1 aromatic carbocycles. The van der Waals surface area contributed by atoms with E-state index in [2.05, 4.69) is 0 Å². The van der Waals surface area contributed by atoms with Crippen LogP contribution in [0.1, 0.15) is 23.3 Å². The van der Waals surface area contributed by atoms with Gasteiger partial charge in [-0.15, -0.1) is 11.3 Å². The highest BCUT2D eigenvalue weighted by atomic mass is 32.2. The van der Waals surface area contributed by atoms with Gasteiger partial charge in [-0.25, -0.2) is 9.78 Å². The Morgan fingerprint density at radius 3 is 2.76 bits per heavy atom. The number of aromatic nitrogens is 2. The molecule has 1 fully saturated rings. The van der Waals surface area contributed by atoms with Crippen LogP contribution in [0.25, 0.3) is 15.9 Å². The molecule has 2 aromatic heterocycles. The summed E-state index contributed by atoms with van der Waals surface area (Å²) in [5.74, 6) is 0.658. The fourth-order valence-electron chi connectivity index (χ4n) is 3.96. The molecule has 1 amide bonds. The number of ether oxygens (including phenoxy) is 1. The first-order valence-electron chi connectivity index (χ1n) is 9.89. The molecule has 3 heterocycles. The van der Waals surface area contributed by atoms with Crippen molar-refractivity contribution in [2.45, 2.75) is 30.8 Å². The maximum Gasteiger partial charge on any atom is 0.409 e. The number of carbonyl (C=O) groups excluding carboxylic acids is 1. The van der Waals surface area contributed by atoms with Crippen LogP contribution in [0.5, 0.6) is 0 Å². The van der Waals surface area contributed by atoms with Crippen LogP contribution in [-0.4, -0.2) is 46.0 Å². The molecular weight excluding hydrogens is 406 g/mol. The first kappa shape index (κ1) is 18.7. The quantitative estimate of drug-likeness (QED) is 0.457. The average Bonchev–Trinajstić information content (AvgIpc) is 3.32. The first-order valence-corrected chi connectivity index (χ1v) is 11.7. The topological polar surface area (TPSA) is 64.4 Å². The SMILES string of the molecule is O=C1OCCN1CCSc1nc2sc3c(c2c(=O)n1-c1ccccc1)CCCC3. The van der Waals surface area contributed by atoms with Crippen molar-refractivity contribution in [1.29, 1.82) is 0 Å². The highest BCUT2D eigenvalue weighted by molar-refractivity contribution is 7.99.